The highest BCUT2D eigenvalue weighted by atomic mass is 35.5. The summed E-state index contributed by atoms with van der Waals surface area (Å²) in [6.45, 7) is 0. The summed E-state index contributed by atoms with van der Waals surface area (Å²) in [6, 6.07) is 6.83. The molecule has 3 aromatic rings. The van der Waals surface area contributed by atoms with Crippen LogP contribution in [0.3, 0.4) is 0 Å². The molecule has 0 radical (unpaired) electrons. The van der Waals surface area contributed by atoms with Crippen molar-refractivity contribution in [2.75, 3.05) is 0 Å². The average molecular weight is 501 g/mol. The number of rotatable bonds is 5. The predicted octanol–water partition coefficient (Wildman–Crippen LogP) is 6.37. The van der Waals surface area contributed by atoms with Gasteiger partial charge in [-0.15, -0.1) is 0 Å². The Morgan fingerprint density at radius 1 is 0.839 bits per heavy atom. The highest BCUT2D eigenvalue weighted by Gasteiger charge is 2.86. The van der Waals surface area contributed by atoms with Crippen molar-refractivity contribution in [3.05, 3.63) is 41.4 Å². The van der Waals surface area contributed by atoms with E-state index in [1.165, 1.54) is 24.3 Å². The van der Waals surface area contributed by atoms with Gasteiger partial charge in [0.05, 0.1) is 0 Å². The molecule has 0 unspecified atom stereocenters. The molecular formula is C16H6ClF9O4S. The molecule has 0 fully saturated rings. The van der Waals surface area contributed by atoms with Crippen molar-refractivity contribution in [1.82, 2.24) is 0 Å². The first-order valence-electron chi connectivity index (χ1n) is 7.69. The number of hydrogen-bond acceptors (Lipinski definition) is 4. The van der Waals surface area contributed by atoms with Crippen molar-refractivity contribution in [3.63, 3.8) is 0 Å². The van der Waals surface area contributed by atoms with Gasteiger partial charge in [0.1, 0.15) is 5.58 Å². The van der Waals surface area contributed by atoms with Gasteiger partial charge in [-0.1, -0.05) is 23.7 Å². The van der Waals surface area contributed by atoms with E-state index in [4.69, 9.17) is 16.0 Å². The first-order valence-corrected chi connectivity index (χ1v) is 9.47. The molecule has 0 aliphatic rings. The Morgan fingerprint density at radius 2 is 1.45 bits per heavy atom. The highest BCUT2D eigenvalue weighted by Crippen LogP contribution is 2.55. The molecule has 0 aliphatic heterocycles. The minimum Gasteiger partial charge on any atom is -0.452 e. The molecule has 0 atom stereocenters. The van der Waals surface area contributed by atoms with Crippen molar-refractivity contribution in [2.45, 2.75) is 23.3 Å². The minimum atomic E-state index is -7.41. The zero-order valence-electron chi connectivity index (χ0n) is 14.3. The van der Waals surface area contributed by atoms with E-state index in [0.717, 1.165) is 6.07 Å². The maximum atomic E-state index is 13.9. The van der Waals surface area contributed by atoms with E-state index in [-0.39, 0.29) is 21.4 Å². The zero-order valence-corrected chi connectivity index (χ0v) is 15.9. The van der Waals surface area contributed by atoms with Gasteiger partial charge in [0.25, 0.3) is 0 Å². The van der Waals surface area contributed by atoms with Crippen molar-refractivity contribution >= 4 is 43.7 Å². The predicted molar refractivity (Wildman–Crippen MR) is 89.2 cm³/mol. The number of alkyl halides is 9. The summed E-state index contributed by atoms with van der Waals surface area (Å²) in [5.74, 6) is -16.0. The van der Waals surface area contributed by atoms with E-state index in [9.17, 15) is 47.9 Å². The van der Waals surface area contributed by atoms with Crippen LogP contribution in [0, 0.1) is 0 Å². The molecule has 170 valence electrons. The molecule has 4 nitrogen and oxygen atoms in total. The van der Waals surface area contributed by atoms with Gasteiger partial charge in [-0.25, -0.2) is 0 Å². The third kappa shape index (κ3) is 3.35. The second kappa shape index (κ2) is 6.82. The molecule has 0 saturated carbocycles. The SMILES string of the molecule is O=S(=O)(Oc1cccc2c1oc1ccc(Cl)cc12)C(F)(F)C(F)(F)C(F)(F)C(F)(F)F. The molecule has 31 heavy (non-hydrogen) atoms. The molecule has 1 aromatic heterocycles. The normalized spacial score (nSPS) is 14.4. The fourth-order valence-corrected chi connectivity index (χ4v) is 3.59. The number of fused-ring (bicyclic) bond motifs is 3. The van der Waals surface area contributed by atoms with Crippen LogP contribution in [-0.4, -0.2) is 31.7 Å². The lowest BCUT2D eigenvalue weighted by Crippen LogP contribution is -2.63. The summed E-state index contributed by atoms with van der Waals surface area (Å²) in [4.78, 5) is 0. The van der Waals surface area contributed by atoms with Gasteiger partial charge < -0.3 is 8.60 Å². The molecule has 0 spiro atoms. The molecule has 0 saturated heterocycles. The quantitative estimate of drug-likeness (QED) is 0.302. The average Bonchev–Trinajstić information content (AvgIpc) is 2.99. The Hall–Kier alpha value is -2.35. The number of para-hydroxylation sites is 1. The van der Waals surface area contributed by atoms with Crippen LogP contribution in [0.2, 0.25) is 5.02 Å². The monoisotopic (exact) mass is 500 g/mol. The Kier molecular flexibility index (Phi) is 5.13. The van der Waals surface area contributed by atoms with Crippen LogP contribution < -0.4 is 4.18 Å². The third-order valence-electron chi connectivity index (χ3n) is 4.05. The molecule has 0 bridgehead atoms. The van der Waals surface area contributed by atoms with Crippen LogP contribution in [0.4, 0.5) is 39.5 Å². The summed E-state index contributed by atoms with van der Waals surface area (Å²) in [6.07, 6.45) is -7.19. The fourth-order valence-electron chi connectivity index (χ4n) is 2.50. The van der Waals surface area contributed by atoms with Crippen LogP contribution in [0.1, 0.15) is 0 Å². The van der Waals surface area contributed by atoms with Crippen molar-refractivity contribution in [2.24, 2.45) is 0 Å². The Morgan fingerprint density at radius 3 is 2.03 bits per heavy atom. The van der Waals surface area contributed by atoms with Gasteiger partial charge in [0.15, 0.2) is 11.3 Å². The van der Waals surface area contributed by atoms with Gasteiger partial charge in [-0.05, 0) is 24.3 Å². The second-order valence-corrected chi connectivity index (χ2v) is 8.10. The van der Waals surface area contributed by atoms with Crippen LogP contribution in [0.5, 0.6) is 5.75 Å². The summed E-state index contributed by atoms with van der Waals surface area (Å²) in [5, 5.41) is -6.60. The largest absolute Gasteiger partial charge is 0.460 e. The maximum Gasteiger partial charge on any atom is 0.460 e. The lowest BCUT2D eigenvalue weighted by atomic mass is 10.1. The molecular weight excluding hydrogens is 495 g/mol. The highest BCUT2D eigenvalue weighted by molar-refractivity contribution is 7.88. The second-order valence-electron chi connectivity index (χ2n) is 6.08. The van der Waals surface area contributed by atoms with E-state index in [2.05, 4.69) is 4.18 Å². The summed E-state index contributed by atoms with van der Waals surface area (Å²) in [7, 11) is -7.10. The molecule has 0 aliphatic carbocycles. The lowest BCUT2D eigenvalue weighted by molar-refractivity contribution is -0.382. The molecule has 15 heteroatoms. The fraction of sp³-hybridized carbons (Fsp3) is 0.250. The topological polar surface area (TPSA) is 56.5 Å². The smallest absolute Gasteiger partial charge is 0.452 e. The van der Waals surface area contributed by atoms with Crippen molar-refractivity contribution in [3.8, 4) is 5.75 Å². The van der Waals surface area contributed by atoms with Gasteiger partial charge in [0, 0.05) is 15.8 Å². The van der Waals surface area contributed by atoms with Gasteiger partial charge in [-0.2, -0.15) is 47.9 Å². The first-order chi connectivity index (χ1) is 13.9. The van der Waals surface area contributed by atoms with Gasteiger partial charge >= 0.3 is 33.4 Å². The summed E-state index contributed by atoms with van der Waals surface area (Å²) in [5.41, 5.74) is -0.571. The van der Waals surface area contributed by atoms with Crippen LogP contribution >= 0.6 is 11.6 Å². The van der Waals surface area contributed by atoms with E-state index in [1.54, 1.807) is 0 Å². The standard InChI is InChI=1S/C16H6ClF9O4S/c17-7-4-5-10-9(6-7)8-2-1-3-11(12(8)29-10)30-31(27,28)16(25,26)14(20,21)13(18,19)15(22,23)24/h1-6H. The number of hydrogen-bond donors (Lipinski definition) is 0. The number of benzene rings is 2. The molecule has 3 rings (SSSR count). The minimum absolute atomic E-state index is 0.000831. The number of halogens is 10. The number of furan rings is 1. The summed E-state index contributed by atoms with van der Waals surface area (Å²) >= 11 is 5.80. The zero-order chi connectivity index (χ0) is 23.6. The molecule has 0 amide bonds. The van der Waals surface area contributed by atoms with E-state index in [1.807, 2.05) is 0 Å². The molecule has 2 aromatic carbocycles. The lowest BCUT2D eigenvalue weighted by Gasteiger charge is -2.32. The van der Waals surface area contributed by atoms with Crippen molar-refractivity contribution < 1.29 is 56.5 Å². The van der Waals surface area contributed by atoms with E-state index < -0.39 is 44.7 Å². The third-order valence-corrected chi connectivity index (χ3v) is 5.57. The van der Waals surface area contributed by atoms with E-state index in [0.29, 0.717) is 6.07 Å². The summed E-state index contributed by atoms with van der Waals surface area (Å²) < 4.78 is 150. The van der Waals surface area contributed by atoms with E-state index >= 15 is 0 Å². The molecule has 0 N–H and O–H groups in total. The molecule has 1 heterocycles. The Balaban J connectivity index is 2.11. The van der Waals surface area contributed by atoms with Crippen LogP contribution in [0.25, 0.3) is 21.9 Å². The van der Waals surface area contributed by atoms with Gasteiger partial charge in [-0.3, -0.25) is 0 Å². The Labute approximate surface area is 171 Å². The van der Waals surface area contributed by atoms with Gasteiger partial charge in [0.2, 0.25) is 0 Å². The Bertz CT molecular complexity index is 1270. The van der Waals surface area contributed by atoms with Crippen LogP contribution in [0.15, 0.2) is 40.8 Å². The van der Waals surface area contributed by atoms with Crippen LogP contribution in [-0.2, 0) is 10.1 Å². The van der Waals surface area contributed by atoms with Crippen molar-refractivity contribution in [1.29, 1.82) is 0 Å². The first kappa shape index (κ1) is 23.3. The maximum absolute atomic E-state index is 13.9.